The van der Waals surface area contributed by atoms with Crippen molar-refractivity contribution in [1.29, 1.82) is 0 Å². The molecule has 0 radical (unpaired) electrons. The molecular weight excluding hydrogens is 413 g/mol. The number of benzene rings is 2. The van der Waals surface area contributed by atoms with Gasteiger partial charge in [-0.2, -0.15) is 0 Å². The van der Waals surface area contributed by atoms with E-state index in [1.165, 1.54) is 11.0 Å². The largest absolute Gasteiger partial charge is 0.488 e. The van der Waals surface area contributed by atoms with Crippen LogP contribution in [0, 0.1) is 5.82 Å². The van der Waals surface area contributed by atoms with Gasteiger partial charge in [0, 0.05) is 18.2 Å². The Morgan fingerprint density at radius 3 is 2.59 bits per heavy atom. The minimum absolute atomic E-state index is 0.188. The lowest BCUT2D eigenvalue weighted by Crippen LogP contribution is -2.40. The van der Waals surface area contributed by atoms with Crippen LogP contribution >= 0.6 is 15.9 Å². The highest BCUT2D eigenvalue weighted by atomic mass is 79.9. The number of ether oxygens (including phenoxy) is 2. The van der Waals surface area contributed by atoms with Crippen LogP contribution in [0.4, 0.5) is 9.18 Å². The van der Waals surface area contributed by atoms with Crippen LogP contribution in [0.2, 0.25) is 0 Å². The van der Waals surface area contributed by atoms with Gasteiger partial charge in [0.15, 0.2) is 0 Å². The molecule has 0 unspecified atom stereocenters. The average Bonchev–Trinajstić information content (AvgIpc) is 2.62. The van der Waals surface area contributed by atoms with Crippen LogP contribution < -0.4 is 4.74 Å². The first-order chi connectivity index (χ1) is 12.7. The zero-order valence-corrected chi connectivity index (χ0v) is 17.3. The highest BCUT2D eigenvalue weighted by molar-refractivity contribution is 9.10. The predicted molar refractivity (Wildman–Crippen MR) is 105 cm³/mol. The Kier molecular flexibility index (Phi) is 5.75. The third kappa shape index (κ3) is 4.80. The summed E-state index contributed by atoms with van der Waals surface area (Å²) >= 11 is 3.55. The predicted octanol–water partition coefficient (Wildman–Crippen LogP) is 5.46. The Bertz CT molecular complexity index is 834. The smallest absolute Gasteiger partial charge is 0.410 e. The molecule has 0 atom stereocenters. The van der Waals surface area contributed by atoms with E-state index in [0.29, 0.717) is 30.9 Å². The first kappa shape index (κ1) is 19.7. The molecule has 0 N–H and O–H groups in total. The highest BCUT2D eigenvalue weighted by Crippen LogP contribution is 2.37. The van der Waals surface area contributed by atoms with Crippen molar-refractivity contribution in [1.82, 2.24) is 4.90 Å². The molecule has 0 bridgehead atoms. The maximum absolute atomic E-state index is 14.7. The fourth-order valence-electron chi connectivity index (χ4n) is 2.96. The molecule has 1 aliphatic heterocycles. The van der Waals surface area contributed by atoms with Gasteiger partial charge in [-0.05, 0) is 54.2 Å². The Morgan fingerprint density at radius 1 is 1.22 bits per heavy atom. The number of rotatable bonds is 3. The molecule has 1 aliphatic rings. The zero-order chi connectivity index (χ0) is 19.6. The van der Waals surface area contributed by atoms with E-state index in [9.17, 15) is 9.18 Å². The summed E-state index contributed by atoms with van der Waals surface area (Å²) < 4.78 is 26.7. The molecule has 6 heteroatoms. The molecule has 2 aromatic rings. The third-order valence-corrected chi connectivity index (χ3v) is 5.13. The van der Waals surface area contributed by atoms with E-state index >= 15 is 0 Å². The molecule has 0 aromatic heterocycles. The Morgan fingerprint density at radius 2 is 1.93 bits per heavy atom. The molecule has 4 nitrogen and oxygen atoms in total. The quantitative estimate of drug-likeness (QED) is 0.642. The SMILES string of the molecule is CC(C)(C)OC(=O)N1CCc2c(Br)c(OCc3ccccc3)cc(F)c2C1. The van der Waals surface area contributed by atoms with Crippen LogP contribution in [0.15, 0.2) is 40.9 Å². The summed E-state index contributed by atoms with van der Waals surface area (Å²) in [6, 6.07) is 11.1. The van der Waals surface area contributed by atoms with Gasteiger partial charge in [0.2, 0.25) is 0 Å². The number of carbonyl (C=O) groups is 1. The second-order valence-corrected chi connectivity index (χ2v) is 8.35. The van der Waals surface area contributed by atoms with Crippen LogP contribution in [0.5, 0.6) is 5.75 Å². The van der Waals surface area contributed by atoms with Crippen molar-refractivity contribution in [2.24, 2.45) is 0 Å². The van der Waals surface area contributed by atoms with Crippen molar-refractivity contribution >= 4 is 22.0 Å². The van der Waals surface area contributed by atoms with Crippen molar-refractivity contribution in [3.63, 3.8) is 0 Å². The summed E-state index contributed by atoms with van der Waals surface area (Å²) in [7, 11) is 0. The summed E-state index contributed by atoms with van der Waals surface area (Å²) in [6.07, 6.45) is 0.113. The lowest BCUT2D eigenvalue weighted by molar-refractivity contribution is 0.0221. The van der Waals surface area contributed by atoms with Crippen molar-refractivity contribution in [2.75, 3.05) is 6.54 Å². The van der Waals surface area contributed by atoms with Crippen molar-refractivity contribution in [3.05, 3.63) is 63.4 Å². The molecule has 144 valence electrons. The molecule has 0 fully saturated rings. The van der Waals surface area contributed by atoms with Crippen LogP contribution in [0.3, 0.4) is 0 Å². The lowest BCUT2D eigenvalue weighted by Gasteiger charge is -2.32. The number of fused-ring (bicyclic) bond motifs is 1. The molecule has 0 aliphatic carbocycles. The fraction of sp³-hybridized carbons (Fsp3) is 0.381. The molecule has 1 amide bonds. The number of carbonyl (C=O) groups excluding carboxylic acids is 1. The van der Waals surface area contributed by atoms with Gasteiger partial charge in [-0.15, -0.1) is 0 Å². The van der Waals surface area contributed by atoms with Gasteiger partial charge in [0.1, 0.15) is 23.8 Å². The number of halogens is 2. The minimum Gasteiger partial charge on any atom is -0.488 e. The van der Waals surface area contributed by atoms with Crippen LogP contribution in [0.25, 0.3) is 0 Å². The summed E-state index contributed by atoms with van der Waals surface area (Å²) in [6.45, 7) is 6.47. The minimum atomic E-state index is -0.578. The number of hydrogen-bond donors (Lipinski definition) is 0. The van der Waals surface area contributed by atoms with Crippen LogP contribution in [-0.2, 0) is 24.3 Å². The Labute approximate surface area is 167 Å². The summed E-state index contributed by atoms with van der Waals surface area (Å²) in [4.78, 5) is 13.8. The molecule has 0 saturated heterocycles. The second-order valence-electron chi connectivity index (χ2n) is 7.55. The van der Waals surface area contributed by atoms with Gasteiger partial charge in [0.05, 0.1) is 11.0 Å². The molecular formula is C21H23BrFNO3. The van der Waals surface area contributed by atoms with Gasteiger partial charge in [-0.1, -0.05) is 30.3 Å². The van der Waals surface area contributed by atoms with Gasteiger partial charge in [-0.25, -0.2) is 9.18 Å². The molecule has 2 aromatic carbocycles. The maximum atomic E-state index is 14.7. The standard InChI is InChI=1S/C21H23BrFNO3/c1-21(2,3)27-20(25)24-10-9-15-16(12-24)17(23)11-18(19(15)22)26-13-14-7-5-4-6-8-14/h4-8,11H,9-10,12-13H2,1-3H3. The Balaban J connectivity index is 1.77. The Hall–Kier alpha value is -2.08. The first-order valence-corrected chi connectivity index (χ1v) is 9.68. The van der Waals surface area contributed by atoms with E-state index < -0.39 is 11.7 Å². The van der Waals surface area contributed by atoms with Gasteiger partial charge in [0.25, 0.3) is 0 Å². The van der Waals surface area contributed by atoms with Gasteiger partial charge in [-0.3, -0.25) is 0 Å². The van der Waals surface area contributed by atoms with E-state index in [-0.39, 0.29) is 12.4 Å². The molecule has 1 heterocycles. The molecule has 3 rings (SSSR count). The van der Waals surface area contributed by atoms with E-state index in [1.54, 1.807) is 0 Å². The lowest BCUT2D eigenvalue weighted by atomic mass is 9.99. The normalized spacial score (nSPS) is 13.9. The number of amides is 1. The van der Waals surface area contributed by atoms with Gasteiger partial charge < -0.3 is 14.4 Å². The van der Waals surface area contributed by atoms with E-state index in [1.807, 2.05) is 51.1 Å². The average molecular weight is 436 g/mol. The topological polar surface area (TPSA) is 38.8 Å². The zero-order valence-electron chi connectivity index (χ0n) is 15.7. The fourth-order valence-corrected chi connectivity index (χ4v) is 3.63. The first-order valence-electron chi connectivity index (χ1n) is 8.89. The maximum Gasteiger partial charge on any atom is 0.410 e. The molecule has 0 saturated carbocycles. The summed E-state index contributed by atoms with van der Waals surface area (Å²) in [5, 5.41) is 0. The summed E-state index contributed by atoms with van der Waals surface area (Å²) in [5.41, 5.74) is 1.79. The summed E-state index contributed by atoms with van der Waals surface area (Å²) in [5.74, 6) is 0.102. The van der Waals surface area contributed by atoms with Crippen molar-refractivity contribution in [3.8, 4) is 5.75 Å². The highest BCUT2D eigenvalue weighted by Gasteiger charge is 2.29. The monoisotopic (exact) mass is 435 g/mol. The van der Waals surface area contributed by atoms with Crippen LogP contribution in [0.1, 0.15) is 37.5 Å². The second kappa shape index (κ2) is 7.89. The van der Waals surface area contributed by atoms with Crippen LogP contribution in [-0.4, -0.2) is 23.1 Å². The van der Waals surface area contributed by atoms with Crippen molar-refractivity contribution in [2.45, 2.75) is 45.9 Å². The number of hydrogen-bond acceptors (Lipinski definition) is 3. The number of nitrogens with zero attached hydrogens (tertiary/aromatic N) is 1. The van der Waals surface area contributed by atoms with E-state index in [4.69, 9.17) is 9.47 Å². The van der Waals surface area contributed by atoms with Gasteiger partial charge >= 0.3 is 6.09 Å². The third-order valence-electron chi connectivity index (χ3n) is 4.26. The van der Waals surface area contributed by atoms with E-state index in [2.05, 4.69) is 15.9 Å². The van der Waals surface area contributed by atoms with Crippen molar-refractivity contribution < 1.29 is 18.7 Å². The molecule has 0 spiro atoms. The van der Waals surface area contributed by atoms with E-state index in [0.717, 1.165) is 15.6 Å². The molecule has 27 heavy (non-hydrogen) atoms.